The van der Waals surface area contributed by atoms with Crippen LogP contribution in [0.15, 0.2) is 0 Å². The van der Waals surface area contributed by atoms with E-state index in [9.17, 15) is 4.79 Å². The first-order chi connectivity index (χ1) is 6.67. The van der Waals surface area contributed by atoms with Gasteiger partial charge in [-0.3, -0.25) is 9.69 Å². The average Bonchev–Trinajstić information content (AvgIpc) is 2.14. The molecule has 0 aliphatic rings. The van der Waals surface area contributed by atoms with Gasteiger partial charge in [0, 0.05) is 6.54 Å². The number of carbonyl (C=O) groups is 1. The summed E-state index contributed by atoms with van der Waals surface area (Å²) in [6, 6.07) is -0.124. The van der Waals surface area contributed by atoms with Crippen LogP contribution in [0.25, 0.3) is 0 Å². The number of nitrogens with zero attached hydrogens (tertiary/aromatic N) is 1. The van der Waals surface area contributed by atoms with Crippen LogP contribution in [0.1, 0.15) is 33.1 Å². The molecule has 0 rings (SSSR count). The van der Waals surface area contributed by atoms with E-state index >= 15 is 0 Å². The number of nitrogens with two attached hydrogens (primary N) is 2. The molecule has 0 spiro atoms. The van der Waals surface area contributed by atoms with Gasteiger partial charge in [-0.2, -0.15) is 0 Å². The Kier molecular flexibility index (Phi) is 7.42. The highest BCUT2D eigenvalue weighted by molar-refractivity contribution is 5.79. The first-order valence-electron chi connectivity index (χ1n) is 5.40. The fraction of sp³-hybridized carbons (Fsp3) is 0.900. The third-order valence-corrected chi connectivity index (χ3v) is 2.32. The second-order valence-electron chi connectivity index (χ2n) is 3.50. The molecule has 4 nitrogen and oxygen atoms in total. The van der Waals surface area contributed by atoms with Crippen LogP contribution in [-0.4, -0.2) is 36.5 Å². The lowest BCUT2D eigenvalue weighted by Crippen LogP contribution is -2.45. The number of carbonyl (C=O) groups excluding carboxylic acids is 1. The van der Waals surface area contributed by atoms with E-state index in [-0.39, 0.29) is 11.9 Å². The van der Waals surface area contributed by atoms with E-state index in [0.717, 1.165) is 32.4 Å². The highest BCUT2D eigenvalue weighted by atomic mass is 16.1. The summed E-state index contributed by atoms with van der Waals surface area (Å²) < 4.78 is 0. The van der Waals surface area contributed by atoms with Crippen LogP contribution in [0.5, 0.6) is 0 Å². The van der Waals surface area contributed by atoms with E-state index < -0.39 is 0 Å². The standard InChI is InChI=1S/C10H23N3O/c1-3-7-13(8-5-6-11)9(4-2)10(12)14/h9H,3-8,11H2,1-2H3,(H2,12,14). The molecule has 1 amide bonds. The van der Waals surface area contributed by atoms with Crippen molar-refractivity contribution in [1.82, 2.24) is 4.90 Å². The van der Waals surface area contributed by atoms with E-state index in [1.54, 1.807) is 0 Å². The van der Waals surface area contributed by atoms with Crippen LogP contribution in [0, 0.1) is 0 Å². The Morgan fingerprint density at radius 3 is 2.36 bits per heavy atom. The van der Waals surface area contributed by atoms with Crippen molar-refractivity contribution in [3.05, 3.63) is 0 Å². The summed E-state index contributed by atoms with van der Waals surface area (Å²) in [6.45, 7) is 6.53. The third kappa shape index (κ3) is 4.58. The predicted molar refractivity (Wildman–Crippen MR) is 58.8 cm³/mol. The Morgan fingerprint density at radius 1 is 1.36 bits per heavy atom. The van der Waals surface area contributed by atoms with Crippen molar-refractivity contribution in [2.24, 2.45) is 11.5 Å². The minimum absolute atomic E-state index is 0.124. The molecule has 4 heteroatoms. The number of primary amides is 1. The quantitative estimate of drug-likeness (QED) is 0.593. The number of amides is 1. The lowest BCUT2D eigenvalue weighted by Gasteiger charge is -2.28. The van der Waals surface area contributed by atoms with Gasteiger partial charge >= 0.3 is 0 Å². The smallest absolute Gasteiger partial charge is 0.234 e. The molecule has 0 aromatic heterocycles. The van der Waals surface area contributed by atoms with Crippen molar-refractivity contribution < 1.29 is 4.79 Å². The second-order valence-corrected chi connectivity index (χ2v) is 3.50. The predicted octanol–water partition coefficient (Wildman–Crippen LogP) is 0.311. The van der Waals surface area contributed by atoms with Gasteiger partial charge in [-0.25, -0.2) is 0 Å². The Balaban J connectivity index is 4.19. The maximum absolute atomic E-state index is 11.2. The van der Waals surface area contributed by atoms with E-state index in [1.165, 1.54) is 0 Å². The first kappa shape index (κ1) is 13.4. The zero-order valence-electron chi connectivity index (χ0n) is 9.33. The van der Waals surface area contributed by atoms with Crippen LogP contribution in [-0.2, 0) is 4.79 Å². The van der Waals surface area contributed by atoms with Crippen LogP contribution < -0.4 is 11.5 Å². The molecule has 0 saturated carbocycles. The van der Waals surface area contributed by atoms with Gasteiger partial charge < -0.3 is 11.5 Å². The molecule has 4 N–H and O–H groups in total. The third-order valence-electron chi connectivity index (χ3n) is 2.32. The highest BCUT2D eigenvalue weighted by Gasteiger charge is 2.20. The van der Waals surface area contributed by atoms with E-state index in [4.69, 9.17) is 11.5 Å². The fourth-order valence-electron chi connectivity index (χ4n) is 1.64. The molecule has 0 saturated heterocycles. The minimum Gasteiger partial charge on any atom is -0.368 e. The van der Waals surface area contributed by atoms with Crippen LogP contribution in [0.3, 0.4) is 0 Å². The van der Waals surface area contributed by atoms with Crippen molar-refractivity contribution in [2.75, 3.05) is 19.6 Å². The normalized spacial score (nSPS) is 13.1. The van der Waals surface area contributed by atoms with Gasteiger partial charge in [0.05, 0.1) is 6.04 Å². The molecule has 0 aromatic carbocycles. The lowest BCUT2D eigenvalue weighted by atomic mass is 10.1. The molecule has 0 bridgehead atoms. The molecule has 0 aliphatic heterocycles. The van der Waals surface area contributed by atoms with Gasteiger partial charge in [0.2, 0.25) is 5.91 Å². The van der Waals surface area contributed by atoms with Gasteiger partial charge in [0.15, 0.2) is 0 Å². The van der Waals surface area contributed by atoms with Crippen LogP contribution >= 0.6 is 0 Å². The fourth-order valence-corrected chi connectivity index (χ4v) is 1.64. The zero-order valence-corrected chi connectivity index (χ0v) is 9.33. The van der Waals surface area contributed by atoms with Crippen LogP contribution in [0.2, 0.25) is 0 Å². The van der Waals surface area contributed by atoms with Crippen molar-refractivity contribution in [2.45, 2.75) is 39.2 Å². The Bertz CT molecular complexity index is 161. The van der Waals surface area contributed by atoms with Crippen molar-refractivity contribution in [1.29, 1.82) is 0 Å². The van der Waals surface area contributed by atoms with Crippen molar-refractivity contribution in [3.63, 3.8) is 0 Å². The Hall–Kier alpha value is -0.610. The molecule has 1 atom stereocenters. The van der Waals surface area contributed by atoms with Gasteiger partial charge in [-0.15, -0.1) is 0 Å². The first-order valence-corrected chi connectivity index (χ1v) is 5.40. The number of hydrogen-bond acceptors (Lipinski definition) is 3. The summed E-state index contributed by atoms with van der Waals surface area (Å²) in [7, 11) is 0. The molecular formula is C10H23N3O. The lowest BCUT2D eigenvalue weighted by molar-refractivity contribution is -0.123. The number of rotatable bonds is 8. The maximum atomic E-state index is 11.2. The molecule has 84 valence electrons. The topological polar surface area (TPSA) is 72.3 Å². The molecule has 0 aromatic rings. The van der Waals surface area contributed by atoms with Crippen molar-refractivity contribution >= 4 is 5.91 Å². The van der Waals surface area contributed by atoms with Gasteiger partial charge in [0.1, 0.15) is 0 Å². The molecule has 0 aliphatic carbocycles. The van der Waals surface area contributed by atoms with Gasteiger partial charge in [-0.05, 0) is 32.4 Å². The minimum atomic E-state index is -0.224. The SMILES string of the molecule is CCCN(CCCN)C(CC)C(N)=O. The van der Waals surface area contributed by atoms with Gasteiger partial charge in [-0.1, -0.05) is 13.8 Å². The largest absolute Gasteiger partial charge is 0.368 e. The average molecular weight is 201 g/mol. The van der Waals surface area contributed by atoms with E-state index in [1.807, 2.05) is 6.92 Å². The van der Waals surface area contributed by atoms with Gasteiger partial charge in [0.25, 0.3) is 0 Å². The highest BCUT2D eigenvalue weighted by Crippen LogP contribution is 2.05. The Labute approximate surface area is 86.6 Å². The summed E-state index contributed by atoms with van der Waals surface area (Å²) in [4.78, 5) is 13.3. The maximum Gasteiger partial charge on any atom is 0.234 e. The van der Waals surface area contributed by atoms with Crippen molar-refractivity contribution in [3.8, 4) is 0 Å². The summed E-state index contributed by atoms with van der Waals surface area (Å²) in [5.74, 6) is -0.224. The molecule has 14 heavy (non-hydrogen) atoms. The summed E-state index contributed by atoms with van der Waals surface area (Å²) in [6.07, 6.45) is 2.73. The second kappa shape index (κ2) is 7.76. The zero-order chi connectivity index (χ0) is 11.0. The monoisotopic (exact) mass is 201 g/mol. The summed E-state index contributed by atoms with van der Waals surface area (Å²) in [5.41, 5.74) is 10.8. The van der Waals surface area contributed by atoms with E-state index in [2.05, 4.69) is 11.8 Å². The molecule has 0 fully saturated rings. The van der Waals surface area contributed by atoms with E-state index in [0.29, 0.717) is 6.54 Å². The summed E-state index contributed by atoms with van der Waals surface area (Å²) >= 11 is 0. The summed E-state index contributed by atoms with van der Waals surface area (Å²) in [5, 5.41) is 0. The van der Waals surface area contributed by atoms with Crippen LogP contribution in [0.4, 0.5) is 0 Å². The molecule has 0 heterocycles. The molecular weight excluding hydrogens is 178 g/mol. The molecule has 0 radical (unpaired) electrons. The number of hydrogen-bond donors (Lipinski definition) is 2. The Morgan fingerprint density at radius 2 is 2.00 bits per heavy atom. The molecule has 1 unspecified atom stereocenters.